The van der Waals surface area contributed by atoms with Gasteiger partial charge in [0.2, 0.25) is 11.8 Å². The van der Waals surface area contributed by atoms with Gasteiger partial charge in [-0.25, -0.2) is 0 Å². The number of fused-ring (bicyclic) bond motifs is 2. The minimum absolute atomic E-state index is 0.0201. The average molecular weight is 408 g/mol. The predicted octanol–water partition coefficient (Wildman–Crippen LogP) is 4.07. The molecule has 0 spiro atoms. The number of nitrogens with one attached hydrogen (secondary N) is 1. The Hall–Kier alpha value is -2.73. The Morgan fingerprint density at radius 1 is 1.00 bits per heavy atom. The highest BCUT2D eigenvalue weighted by molar-refractivity contribution is 7.99. The summed E-state index contributed by atoms with van der Waals surface area (Å²) in [5.41, 5.74) is 2.18. The molecule has 0 saturated carbocycles. The van der Waals surface area contributed by atoms with E-state index in [9.17, 15) is 9.59 Å². The van der Waals surface area contributed by atoms with Crippen LogP contribution in [0, 0.1) is 0 Å². The summed E-state index contributed by atoms with van der Waals surface area (Å²) in [6, 6.07) is 18.4. The largest absolute Gasteiger partial charge is 0.356 e. The van der Waals surface area contributed by atoms with Crippen molar-refractivity contribution in [2.24, 2.45) is 0 Å². The lowest BCUT2D eigenvalue weighted by Gasteiger charge is -2.29. The van der Waals surface area contributed by atoms with Gasteiger partial charge in [0.15, 0.2) is 0 Å². The van der Waals surface area contributed by atoms with Crippen molar-refractivity contribution in [3.63, 3.8) is 0 Å². The molecule has 1 aliphatic rings. The van der Waals surface area contributed by atoms with Crippen LogP contribution in [-0.2, 0) is 16.1 Å². The quantitative estimate of drug-likeness (QED) is 0.601. The first-order chi connectivity index (χ1) is 14.2. The van der Waals surface area contributed by atoms with E-state index in [1.54, 1.807) is 11.8 Å². The van der Waals surface area contributed by atoms with Crippen molar-refractivity contribution in [1.82, 2.24) is 9.88 Å². The van der Waals surface area contributed by atoms with Crippen molar-refractivity contribution in [2.75, 3.05) is 23.7 Å². The zero-order chi connectivity index (χ0) is 20.1. The Morgan fingerprint density at radius 2 is 1.83 bits per heavy atom. The minimum atomic E-state index is -0.0598. The molecule has 6 heteroatoms. The molecular formula is C23H25N3O2S. The number of aromatic nitrogens is 1. The number of hydrogen-bond donors (Lipinski definition) is 1. The maximum Gasteiger partial charge on any atom is 0.227 e. The summed E-state index contributed by atoms with van der Waals surface area (Å²) < 4.78 is 2.21. The number of amides is 2. The van der Waals surface area contributed by atoms with Crippen molar-refractivity contribution in [3.8, 4) is 0 Å². The number of para-hydroxylation sites is 2. The Bertz CT molecular complexity index is 1010. The van der Waals surface area contributed by atoms with Crippen molar-refractivity contribution >= 4 is 40.2 Å². The number of hydrogen-bond acceptors (Lipinski definition) is 3. The van der Waals surface area contributed by atoms with Crippen LogP contribution >= 0.6 is 11.8 Å². The van der Waals surface area contributed by atoms with Gasteiger partial charge in [0, 0.05) is 54.8 Å². The fourth-order valence-corrected chi connectivity index (χ4v) is 4.68. The van der Waals surface area contributed by atoms with E-state index in [1.165, 1.54) is 10.9 Å². The molecule has 3 aromatic rings. The number of carbonyl (C=O) groups excluding carboxylic acids is 2. The van der Waals surface area contributed by atoms with Gasteiger partial charge >= 0.3 is 0 Å². The van der Waals surface area contributed by atoms with Crippen LogP contribution in [0.1, 0.15) is 19.3 Å². The molecule has 0 atom stereocenters. The first-order valence-corrected chi connectivity index (χ1v) is 11.0. The van der Waals surface area contributed by atoms with Crippen LogP contribution in [0.3, 0.4) is 0 Å². The van der Waals surface area contributed by atoms with Crippen molar-refractivity contribution in [1.29, 1.82) is 0 Å². The van der Waals surface area contributed by atoms with E-state index < -0.39 is 0 Å². The molecule has 0 saturated heterocycles. The van der Waals surface area contributed by atoms with Gasteiger partial charge in [0.25, 0.3) is 0 Å². The third-order valence-corrected chi connectivity index (χ3v) is 6.22. The fraction of sp³-hybridized carbons (Fsp3) is 0.304. The van der Waals surface area contributed by atoms with Gasteiger partial charge in [0.05, 0.1) is 5.69 Å². The van der Waals surface area contributed by atoms with E-state index >= 15 is 0 Å². The van der Waals surface area contributed by atoms with Gasteiger partial charge in [-0.3, -0.25) is 9.59 Å². The molecule has 0 radical (unpaired) electrons. The molecule has 0 bridgehead atoms. The summed E-state index contributed by atoms with van der Waals surface area (Å²) in [5.74, 6) is 0.852. The summed E-state index contributed by atoms with van der Waals surface area (Å²) in [7, 11) is 0. The zero-order valence-electron chi connectivity index (χ0n) is 16.3. The van der Waals surface area contributed by atoms with Crippen molar-refractivity contribution in [3.05, 3.63) is 60.8 Å². The molecule has 2 heterocycles. The fourth-order valence-electron chi connectivity index (χ4n) is 3.69. The lowest BCUT2D eigenvalue weighted by atomic mass is 10.2. The molecule has 2 amide bonds. The number of thioether (sulfide) groups is 1. The van der Waals surface area contributed by atoms with Crippen LogP contribution in [0.4, 0.5) is 5.69 Å². The van der Waals surface area contributed by atoms with Crippen molar-refractivity contribution < 1.29 is 9.59 Å². The molecule has 1 N–H and O–H groups in total. The number of carbonyl (C=O) groups is 2. The van der Waals surface area contributed by atoms with E-state index in [2.05, 4.69) is 34.3 Å². The topological polar surface area (TPSA) is 54.3 Å². The van der Waals surface area contributed by atoms with Crippen LogP contribution in [0.2, 0.25) is 0 Å². The Kier molecular flexibility index (Phi) is 6.20. The highest BCUT2D eigenvalue weighted by Gasteiger charge is 2.22. The Morgan fingerprint density at radius 3 is 2.76 bits per heavy atom. The van der Waals surface area contributed by atoms with E-state index in [4.69, 9.17) is 0 Å². The van der Waals surface area contributed by atoms with Crippen molar-refractivity contribution in [2.45, 2.75) is 30.7 Å². The normalized spacial score (nSPS) is 13.3. The molecule has 150 valence electrons. The first-order valence-electron chi connectivity index (χ1n) is 10.0. The van der Waals surface area contributed by atoms with Crippen LogP contribution in [0.5, 0.6) is 0 Å². The second kappa shape index (κ2) is 9.18. The predicted molar refractivity (Wildman–Crippen MR) is 118 cm³/mol. The number of nitrogens with zero attached hydrogens (tertiary/aromatic N) is 2. The Labute approximate surface area is 175 Å². The smallest absolute Gasteiger partial charge is 0.227 e. The maximum atomic E-state index is 12.6. The molecule has 1 aliphatic heterocycles. The van der Waals surface area contributed by atoms with Gasteiger partial charge in [-0.15, -0.1) is 11.8 Å². The van der Waals surface area contributed by atoms with Crippen LogP contribution in [0.15, 0.2) is 65.7 Å². The van der Waals surface area contributed by atoms with Crippen LogP contribution in [-0.4, -0.2) is 35.2 Å². The monoisotopic (exact) mass is 407 g/mol. The highest BCUT2D eigenvalue weighted by atomic mass is 32.2. The molecular weight excluding hydrogens is 382 g/mol. The Balaban J connectivity index is 1.20. The molecule has 0 unspecified atom stereocenters. The summed E-state index contributed by atoms with van der Waals surface area (Å²) in [6.07, 6.45) is 3.42. The molecule has 2 aromatic carbocycles. The third kappa shape index (κ3) is 4.65. The summed E-state index contributed by atoms with van der Waals surface area (Å²) in [5, 5.41) is 4.17. The summed E-state index contributed by atoms with van der Waals surface area (Å²) >= 11 is 1.77. The van der Waals surface area contributed by atoms with Gasteiger partial charge in [-0.1, -0.05) is 30.3 Å². The molecule has 0 fully saturated rings. The zero-order valence-corrected chi connectivity index (χ0v) is 17.2. The average Bonchev–Trinajstić information content (AvgIpc) is 3.18. The van der Waals surface area contributed by atoms with Gasteiger partial charge in [0.1, 0.15) is 0 Å². The standard InChI is InChI=1S/C23H25N3O2S/c27-22(24-13-5-14-25-15-12-18-6-1-2-7-19(18)25)10-11-23(28)26-16-17-29-21-9-4-3-8-20(21)26/h1-4,6-9,12,15H,5,10-11,13-14,16-17H2,(H,24,27). The van der Waals surface area contributed by atoms with Gasteiger partial charge in [-0.2, -0.15) is 0 Å². The second-order valence-corrected chi connectivity index (χ2v) is 8.27. The van der Waals surface area contributed by atoms with Crippen LogP contribution < -0.4 is 10.2 Å². The van der Waals surface area contributed by atoms with Gasteiger partial charge < -0.3 is 14.8 Å². The number of rotatable bonds is 7. The maximum absolute atomic E-state index is 12.6. The van der Waals surface area contributed by atoms with E-state index in [-0.39, 0.29) is 24.7 Å². The minimum Gasteiger partial charge on any atom is -0.356 e. The second-order valence-electron chi connectivity index (χ2n) is 7.13. The SMILES string of the molecule is O=C(CCC(=O)N1CCSc2ccccc21)NCCCn1ccc2ccccc21. The highest BCUT2D eigenvalue weighted by Crippen LogP contribution is 2.34. The number of benzene rings is 2. The molecule has 4 rings (SSSR count). The first kappa shape index (κ1) is 19.6. The van der Waals surface area contributed by atoms with E-state index in [1.807, 2.05) is 41.3 Å². The molecule has 5 nitrogen and oxygen atoms in total. The lowest BCUT2D eigenvalue weighted by molar-refractivity contribution is -0.125. The summed E-state index contributed by atoms with van der Waals surface area (Å²) in [4.78, 5) is 27.7. The third-order valence-electron chi connectivity index (χ3n) is 5.17. The van der Waals surface area contributed by atoms with E-state index in [0.29, 0.717) is 13.1 Å². The lowest BCUT2D eigenvalue weighted by Crippen LogP contribution is -2.36. The molecule has 29 heavy (non-hydrogen) atoms. The van der Waals surface area contributed by atoms with E-state index in [0.717, 1.165) is 29.3 Å². The summed E-state index contributed by atoms with van der Waals surface area (Å²) in [6.45, 7) is 2.17. The van der Waals surface area contributed by atoms with Crippen LogP contribution in [0.25, 0.3) is 10.9 Å². The van der Waals surface area contributed by atoms with Gasteiger partial charge in [-0.05, 0) is 36.1 Å². The molecule has 1 aromatic heterocycles. The number of anilines is 1. The molecule has 0 aliphatic carbocycles. The number of aryl methyl sites for hydroxylation is 1.